The lowest BCUT2D eigenvalue weighted by Gasteiger charge is -2.05. The van der Waals surface area contributed by atoms with Crippen molar-refractivity contribution in [1.29, 1.82) is 0 Å². The smallest absolute Gasteiger partial charge is 0.283 e. The molecule has 0 aliphatic carbocycles. The molecular weight excluding hydrogens is 382 g/mol. The first-order chi connectivity index (χ1) is 13.2. The Labute approximate surface area is 163 Å². The normalized spacial score (nSPS) is 11.3. The minimum absolute atomic E-state index is 0.198. The van der Waals surface area contributed by atoms with Crippen molar-refractivity contribution in [3.8, 4) is 21.9 Å². The van der Waals surface area contributed by atoms with Crippen LogP contribution in [-0.2, 0) is 0 Å². The molecule has 8 heteroatoms. The fraction of sp³-hybridized carbons (Fsp3) is 0.105. The monoisotopic (exact) mass is 397 g/mol. The summed E-state index contributed by atoms with van der Waals surface area (Å²) in [5.41, 5.74) is 1.45. The van der Waals surface area contributed by atoms with Crippen molar-refractivity contribution in [2.24, 2.45) is 5.10 Å². The van der Waals surface area contributed by atoms with Gasteiger partial charge < -0.3 is 9.47 Å². The molecule has 0 radical (unpaired) electrons. The fourth-order valence-corrected chi connectivity index (χ4v) is 4.37. The van der Waals surface area contributed by atoms with E-state index in [2.05, 4.69) is 10.1 Å². The number of hydrogen-bond donors (Lipinski definition) is 0. The first kappa shape index (κ1) is 17.4. The average molecular weight is 397 g/mol. The number of thiophene rings is 2. The van der Waals surface area contributed by atoms with Gasteiger partial charge in [-0.15, -0.1) is 22.7 Å². The third kappa shape index (κ3) is 3.36. The summed E-state index contributed by atoms with van der Waals surface area (Å²) >= 11 is 3.05. The number of hydrogen-bond acceptors (Lipinski definition) is 7. The Morgan fingerprint density at radius 1 is 1.15 bits per heavy atom. The van der Waals surface area contributed by atoms with E-state index < -0.39 is 0 Å². The van der Waals surface area contributed by atoms with E-state index in [4.69, 9.17) is 9.47 Å². The van der Waals surface area contributed by atoms with Crippen molar-refractivity contribution in [1.82, 2.24) is 9.66 Å². The highest BCUT2D eigenvalue weighted by atomic mass is 32.1. The van der Waals surface area contributed by atoms with Crippen LogP contribution in [0.25, 0.3) is 20.7 Å². The molecule has 27 heavy (non-hydrogen) atoms. The molecular formula is C19H15N3O3S2. The number of methoxy groups -OCH3 is 2. The van der Waals surface area contributed by atoms with Crippen LogP contribution >= 0.6 is 22.7 Å². The van der Waals surface area contributed by atoms with Gasteiger partial charge in [0, 0.05) is 27.5 Å². The van der Waals surface area contributed by atoms with Gasteiger partial charge in [0.1, 0.15) is 22.7 Å². The van der Waals surface area contributed by atoms with Crippen LogP contribution in [0.1, 0.15) is 5.56 Å². The summed E-state index contributed by atoms with van der Waals surface area (Å²) in [6.45, 7) is 0. The summed E-state index contributed by atoms with van der Waals surface area (Å²) in [5.74, 6) is 1.30. The van der Waals surface area contributed by atoms with Crippen molar-refractivity contribution < 1.29 is 9.47 Å². The second-order valence-corrected chi connectivity index (χ2v) is 7.40. The van der Waals surface area contributed by atoms with Crippen molar-refractivity contribution in [3.63, 3.8) is 0 Å². The Morgan fingerprint density at radius 2 is 1.93 bits per heavy atom. The predicted molar refractivity (Wildman–Crippen MR) is 110 cm³/mol. The van der Waals surface area contributed by atoms with Crippen LogP contribution in [0.2, 0.25) is 0 Å². The SMILES string of the molecule is COc1cc(/C=N\n2cnc3scc(-c4cccs4)c3c2=O)cc(OC)c1. The molecule has 0 aliphatic heterocycles. The fourth-order valence-electron chi connectivity index (χ4n) is 2.65. The van der Waals surface area contributed by atoms with E-state index in [0.29, 0.717) is 21.7 Å². The summed E-state index contributed by atoms with van der Waals surface area (Å²) < 4.78 is 11.8. The van der Waals surface area contributed by atoms with E-state index in [0.717, 1.165) is 16.0 Å². The number of aromatic nitrogens is 2. The zero-order valence-corrected chi connectivity index (χ0v) is 16.2. The number of benzene rings is 1. The van der Waals surface area contributed by atoms with E-state index in [1.54, 1.807) is 37.8 Å². The lowest BCUT2D eigenvalue weighted by atomic mass is 10.2. The van der Waals surface area contributed by atoms with Gasteiger partial charge in [0.05, 0.1) is 25.8 Å². The molecule has 6 nitrogen and oxygen atoms in total. The Bertz CT molecular complexity index is 1150. The lowest BCUT2D eigenvalue weighted by molar-refractivity contribution is 0.394. The maximum Gasteiger partial charge on any atom is 0.283 e. The summed E-state index contributed by atoms with van der Waals surface area (Å²) in [6.07, 6.45) is 3.02. The molecule has 0 bridgehead atoms. The van der Waals surface area contributed by atoms with Crippen LogP contribution in [0.4, 0.5) is 0 Å². The van der Waals surface area contributed by atoms with Gasteiger partial charge in [-0.25, -0.2) is 4.98 Å². The molecule has 0 saturated carbocycles. The second-order valence-electron chi connectivity index (χ2n) is 5.59. The quantitative estimate of drug-likeness (QED) is 0.476. The highest BCUT2D eigenvalue weighted by Gasteiger charge is 2.13. The minimum Gasteiger partial charge on any atom is -0.497 e. The molecule has 1 aromatic carbocycles. The molecule has 0 unspecified atom stereocenters. The predicted octanol–water partition coefficient (Wildman–Crippen LogP) is 4.09. The van der Waals surface area contributed by atoms with Crippen LogP contribution in [0.3, 0.4) is 0 Å². The van der Waals surface area contributed by atoms with Crippen molar-refractivity contribution >= 4 is 39.1 Å². The molecule has 4 aromatic rings. The zero-order chi connectivity index (χ0) is 18.8. The molecule has 0 spiro atoms. The van der Waals surface area contributed by atoms with Gasteiger partial charge in [0.2, 0.25) is 0 Å². The van der Waals surface area contributed by atoms with Gasteiger partial charge in [-0.05, 0) is 23.6 Å². The average Bonchev–Trinajstić information content (AvgIpc) is 3.36. The Morgan fingerprint density at radius 3 is 2.59 bits per heavy atom. The van der Waals surface area contributed by atoms with Crippen LogP contribution in [-0.4, -0.2) is 30.1 Å². The van der Waals surface area contributed by atoms with Crippen molar-refractivity contribution in [3.05, 3.63) is 63.3 Å². The highest BCUT2D eigenvalue weighted by Crippen LogP contribution is 2.33. The van der Waals surface area contributed by atoms with Gasteiger partial charge in [-0.2, -0.15) is 9.78 Å². The van der Waals surface area contributed by atoms with Crippen LogP contribution < -0.4 is 15.0 Å². The minimum atomic E-state index is -0.198. The molecule has 4 rings (SSSR count). The topological polar surface area (TPSA) is 65.7 Å². The van der Waals surface area contributed by atoms with Gasteiger partial charge in [0.15, 0.2) is 0 Å². The van der Waals surface area contributed by atoms with Crippen LogP contribution in [0.5, 0.6) is 11.5 Å². The molecule has 0 atom stereocenters. The van der Waals surface area contributed by atoms with E-state index in [1.807, 2.05) is 35.0 Å². The van der Waals surface area contributed by atoms with Crippen LogP contribution in [0.15, 0.2) is 57.3 Å². The summed E-state index contributed by atoms with van der Waals surface area (Å²) in [4.78, 5) is 19.1. The Balaban J connectivity index is 1.77. The first-order valence-electron chi connectivity index (χ1n) is 8.00. The number of ether oxygens (including phenoxy) is 2. The van der Waals surface area contributed by atoms with Crippen molar-refractivity contribution in [2.75, 3.05) is 14.2 Å². The van der Waals surface area contributed by atoms with Gasteiger partial charge in [-0.3, -0.25) is 4.79 Å². The van der Waals surface area contributed by atoms with Crippen molar-refractivity contribution in [2.45, 2.75) is 0 Å². The van der Waals surface area contributed by atoms with Gasteiger partial charge in [-0.1, -0.05) is 6.07 Å². The summed E-state index contributed by atoms with van der Waals surface area (Å²) in [7, 11) is 3.17. The lowest BCUT2D eigenvalue weighted by Crippen LogP contribution is -2.16. The summed E-state index contributed by atoms with van der Waals surface area (Å²) in [5, 5.41) is 8.83. The van der Waals surface area contributed by atoms with E-state index >= 15 is 0 Å². The van der Waals surface area contributed by atoms with E-state index in [1.165, 1.54) is 22.3 Å². The summed E-state index contributed by atoms with van der Waals surface area (Å²) in [6, 6.07) is 9.35. The molecule has 0 saturated heterocycles. The maximum absolute atomic E-state index is 12.9. The third-order valence-electron chi connectivity index (χ3n) is 3.97. The number of nitrogens with zero attached hydrogens (tertiary/aromatic N) is 3. The zero-order valence-electron chi connectivity index (χ0n) is 14.6. The molecule has 3 heterocycles. The van der Waals surface area contributed by atoms with E-state index in [-0.39, 0.29) is 5.56 Å². The Hall–Kier alpha value is -2.97. The second kappa shape index (κ2) is 7.34. The highest BCUT2D eigenvalue weighted by molar-refractivity contribution is 7.18. The molecule has 0 aliphatic rings. The molecule has 0 fully saturated rings. The Kier molecular flexibility index (Phi) is 4.74. The first-order valence-corrected chi connectivity index (χ1v) is 9.75. The van der Waals surface area contributed by atoms with Crippen LogP contribution in [0, 0.1) is 0 Å². The number of fused-ring (bicyclic) bond motifs is 1. The molecule has 0 amide bonds. The standard InChI is InChI=1S/C19H15N3O3S2/c1-24-13-6-12(7-14(8-13)25-2)9-21-22-11-20-18-17(19(22)23)15(10-27-18)16-4-3-5-26-16/h3-11H,1-2H3/b21-9-. The number of rotatable bonds is 5. The van der Waals surface area contributed by atoms with Gasteiger partial charge in [0.25, 0.3) is 5.56 Å². The molecule has 3 aromatic heterocycles. The third-order valence-corrected chi connectivity index (χ3v) is 5.76. The maximum atomic E-state index is 12.9. The van der Waals surface area contributed by atoms with Gasteiger partial charge >= 0.3 is 0 Å². The van der Waals surface area contributed by atoms with E-state index in [9.17, 15) is 4.79 Å². The molecule has 0 N–H and O–H groups in total. The largest absolute Gasteiger partial charge is 0.497 e. The molecule has 136 valence electrons.